The fourth-order valence-corrected chi connectivity index (χ4v) is 3.56. The summed E-state index contributed by atoms with van der Waals surface area (Å²) in [6.07, 6.45) is 3.82. The van der Waals surface area contributed by atoms with Gasteiger partial charge < -0.3 is 14.6 Å². The zero-order chi connectivity index (χ0) is 21.0. The molecule has 3 aromatic carbocycles. The Morgan fingerprint density at radius 1 is 0.767 bits per heavy atom. The molecule has 0 saturated heterocycles. The van der Waals surface area contributed by atoms with E-state index in [1.807, 2.05) is 30.3 Å². The number of hydrogen-bond acceptors (Lipinski definition) is 3. The van der Waals surface area contributed by atoms with E-state index < -0.39 is 0 Å². The predicted molar refractivity (Wildman–Crippen MR) is 122 cm³/mol. The molecule has 0 heterocycles. The summed E-state index contributed by atoms with van der Waals surface area (Å²) in [7, 11) is 0. The molecule has 158 valence electrons. The van der Waals surface area contributed by atoms with Gasteiger partial charge in [0.25, 0.3) is 0 Å². The lowest BCUT2D eigenvalue weighted by atomic mass is 9.92. The van der Waals surface area contributed by atoms with Gasteiger partial charge in [-0.2, -0.15) is 0 Å². The van der Waals surface area contributed by atoms with E-state index in [4.69, 9.17) is 14.6 Å². The Hall–Kier alpha value is -2.78. The smallest absolute Gasteiger partial charge is 0.119 e. The lowest BCUT2D eigenvalue weighted by Crippen LogP contribution is -2.03. The molecule has 0 aliphatic carbocycles. The van der Waals surface area contributed by atoms with Gasteiger partial charge in [-0.05, 0) is 66.1 Å². The summed E-state index contributed by atoms with van der Waals surface area (Å²) in [6.45, 7) is 3.69. The molecule has 0 fully saturated rings. The highest BCUT2D eigenvalue weighted by Crippen LogP contribution is 2.26. The third-order valence-electron chi connectivity index (χ3n) is 5.39. The van der Waals surface area contributed by atoms with Gasteiger partial charge in [-0.3, -0.25) is 0 Å². The van der Waals surface area contributed by atoms with Crippen LogP contribution in [0.5, 0.6) is 11.5 Å². The molecule has 3 aromatic rings. The van der Waals surface area contributed by atoms with Crippen LogP contribution in [0, 0.1) is 0 Å². The number of aliphatic hydroxyl groups excluding tert-OH is 1. The van der Waals surface area contributed by atoms with Crippen LogP contribution in [-0.4, -0.2) is 18.3 Å². The van der Waals surface area contributed by atoms with Crippen molar-refractivity contribution in [2.45, 2.75) is 45.1 Å². The molecule has 0 aliphatic rings. The van der Waals surface area contributed by atoms with Crippen molar-refractivity contribution >= 4 is 0 Å². The molecule has 0 spiro atoms. The summed E-state index contributed by atoms with van der Waals surface area (Å²) in [5, 5.41) is 9.06. The Morgan fingerprint density at radius 2 is 1.43 bits per heavy atom. The van der Waals surface area contributed by atoms with Crippen LogP contribution < -0.4 is 9.47 Å². The SMILES string of the molecule is CCC(CCCO)c1ccc(OCCc2ccc(OCc3ccccc3)cc2)cc1. The monoisotopic (exact) mass is 404 g/mol. The van der Waals surface area contributed by atoms with Gasteiger partial charge >= 0.3 is 0 Å². The van der Waals surface area contributed by atoms with Crippen LogP contribution in [0.3, 0.4) is 0 Å². The quantitative estimate of drug-likeness (QED) is 0.393. The molecule has 1 atom stereocenters. The normalized spacial score (nSPS) is 11.8. The van der Waals surface area contributed by atoms with Crippen molar-refractivity contribution in [3.8, 4) is 11.5 Å². The van der Waals surface area contributed by atoms with Gasteiger partial charge in [-0.25, -0.2) is 0 Å². The van der Waals surface area contributed by atoms with Crippen LogP contribution >= 0.6 is 0 Å². The van der Waals surface area contributed by atoms with E-state index in [9.17, 15) is 0 Å². The van der Waals surface area contributed by atoms with Crippen LogP contribution in [0.15, 0.2) is 78.9 Å². The van der Waals surface area contributed by atoms with Gasteiger partial charge in [0.1, 0.15) is 18.1 Å². The first kappa shape index (κ1) is 21.9. The minimum Gasteiger partial charge on any atom is -0.493 e. The predicted octanol–water partition coefficient (Wildman–Crippen LogP) is 6.15. The first-order valence-electron chi connectivity index (χ1n) is 10.9. The largest absolute Gasteiger partial charge is 0.493 e. The van der Waals surface area contributed by atoms with Gasteiger partial charge in [0.15, 0.2) is 0 Å². The standard InChI is InChI=1S/C27H32O3/c1-2-24(9-6-19-28)25-12-16-26(17-13-25)29-20-18-22-10-14-27(15-11-22)30-21-23-7-4-3-5-8-23/h3-5,7-8,10-17,24,28H,2,6,9,18-21H2,1H3. The molecule has 3 nitrogen and oxygen atoms in total. The van der Waals surface area contributed by atoms with E-state index in [1.54, 1.807) is 0 Å². The van der Waals surface area contributed by atoms with Gasteiger partial charge in [0, 0.05) is 13.0 Å². The second-order valence-corrected chi connectivity index (χ2v) is 7.56. The van der Waals surface area contributed by atoms with E-state index in [0.29, 0.717) is 19.1 Å². The Kier molecular flexibility index (Phi) is 8.80. The van der Waals surface area contributed by atoms with Crippen molar-refractivity contribution in [3.05, 3.63) is 95.6 Å². The van der Waals surface area contributed by atoms with Crippen molar-refractivity contribution in [1.82, 2.24) is 0 Å². The average molecular weight is 405 g/mol. The number of benzene rings is 3. The summed E-state index contributed by atoms with van der Waals surface area (Å²) in [5.41, 5.74) is 3.72. The fourth-order valence-electron chi connectivity index (χ4n) is 3.56. The van der Waals surface area contributed by atoms with Gasteiger partial charge in [-0.15, -0.1) is 0 Å². The summed E-state index contributed by atoms with van der Waals surface area (Å²) in [4.78, 5) is 0. The van der Waals surface area contributed by atoms with Crippen LogP contribution in [0.2, 0.25) is 0 Å². The van der Waals surface area contributed by atoms with Crippen molar-refractivity contribution < 1.29 is 14.6 Å². The van der Waals surface area contributed by atoms with Crippen LogP contribution in [0.4, 0.5) is 0 Å². The molecular weight excluding hydrogens is 372 g/mol. The molecule has 0 aromatic heterocycles. The highest BCUT2D eigenvalue weighted by Gasteiger charge is 2.09. The summed E-state index contributed by atoms with van der Waals surface area (Å²) in [6, 6.07) is 26.8. The van der Waals surface area contributed by atoms with Crippen molar-refractivity contribution in [3.63, 3.8) is 0 Å². The van der Waals surface area contributed by atoms with Gasteiger partial charge in [-0.1, -0.05) is 61.5 Å². The maximum atomic E-state index is 9.06. The van der Waals surface area contributed by atoms with Crippen LogP contribution in [0.1, 0.15) is 48.8 Å². The number of aliphatic hydroxyl groups is 1. The minimum absolute atomic E-state index is 0.262. The van der Waals surface area contributed by atoms with E-state index in [1.165, 1.54) is 16.7 Å². The molecule has 30 heavy (non-hydrogen) atoms. The third-order valence-corrected chi connectivity index (χ3v) is 5.39. The topological polar surface area (TPSA) is 38.7 Å². The van der Waals surface area contributed by atoms with Crippen molar-refractivity contribution in [1.29, 1.82) is 0 Å². The van der Waals surface area contributed by atoms with Crippen LogP contribution in [-0.2, 0) is 13.0 Å². The van der Waals surface area contributed by atoms with E-state index >= 15 is 0 Å². The zero-order valence-electron chi connectivity index (χ0n) is 17.8. The van der Waals surface area contributed by atoms with Crippen molar-refractivity contribution in [2.75, 3.05) is 13.2 Å². The molecule has 3 rings (SSSR count). The molecule has 0 bridgehead atoms. The Bertz CT molecular complexity index is 842. The van der Waals surface area contributed by atoms with E-state index in [-0.39, 0.29) is 6.61 Å². The van der Waals surface area contributed by atoms with Crippen LogP contribution in [0.25, 0.3) is 0 Å². The summed E-state index contributed by atoms with van der Waals surface area (Å²) in [5.74, 6) is 2.29. The lowest BCUT2D eigenvalue weighted by molar-refractivity contribution is 0.279. The van der Waals surface area contributed by atoms with Gasteiger partial charge in [0.05, 0.1) is 6.61 Å². The van der Waals surface area contributed by atoms with E-state index in [2.05, 4.69) is 55.5 Å². The lowest BCUT2D eigenvalue weighted by Gasteiger charge is -2.15. The second kappa shape index (κ2) is 12.0. The number of ether oxygens (including phenoxy) is 2. The fraction of sp³-hybridized carbons (Fsp3) is 0.333. The molecule has 0 amide bonds. The first-order chi connectivity index (χ1) is 14.8. The maximum absolute atomic E-state index is 9.06. The maximum Gasteiger partial charge on any atom is 0.119 e. The number of hydrogen-bond donors (Lipinski definition) is 1. The Labute approximate surface area is 180 Å². The van der Waals surface area contributed by atoms with Crippen molar-refractivity contribution in [2.24, 2.45) is 0 Å². The Balaban J connectivity index is 1.42. The molecule has 3 heteroatoms. The molecule has 0 saturated carbocycles. The molecule has 0 radical (unpaired) electrons. The Morgan fingerprint density at radius 3 is 2.10 bits per heavy atom. The van der Waals surface area contributed by atoms with E-state index in [0.717, 1.165) is 37.2 Å². The summed E-state index contributed by atoms with van der Waals surface area (Å²) < 4.78 is 11.8. The number of rotatable bonds is 12. The highest BCUT2D eigenvalue weighted by atomic mass is 16.5. The molecular formula is C27H32O3. The molecule has 1 N–H and O–H groups in total. The average Bonchev–Trinajstić information content (AvgIpc) is 2.80. The van der Waals surface area contributed by atoms with Gasteiger partial charge in [0.2, 0.25) is 0 Å². The first-order valence-corrected chi connectivity index (χ1v) is 10.9. The highest BCUT2D eigenvalue weighted by molar-refractivity contribution is 5.30. The summed E-state index contributed by atoms with van der Waals surface area (Å²) >= 11 is 0. The molecule has 1 unspecified atom stereocenters. The minimum atomic E-state index is 0.262. The zero-order valence-corrected chi connectivity index (χ0v) is 17.8. The third kappa shape index (κ3) is 6.93. The molecule has 0 aliphatic heterocycles. The second-order valence-electron chi connectivity index (χ2n) is 7.56.